The molecule has 57 heavy (non-hydrogen) atoms. The van der Waals surface area contributed by atoms with Gasteiger partial charge < -0.3 is 19.8 Å². The van der Waals surface area contributed by atoms with Crippen molar-refractivity contribution in [3.05, 3.63) is 36.5 Å². The summed E-state index contributed by atoms with van der Waals surface area (Å²) in [5.74, 6) is -0.189. The summed E-state index contributed by atoms with van der Waals surface area (Å²) in [7, 11) is 1.55. The van der Waals surface area contributed by atoms with Crippen molar-refractivity contribution in [2.75, 3.05) is 40.9 Å². The van der Waals surface area contributed by atoms with Gasteiger partial charge in [-0.3, -0.25) is 13.8 Å². The van der Waals surface area contributed by atoms with E-state index in [2.05, 4.69) is 43.5 Å². The van der Waals surface area contributed by atoms with Crippen LogP contribution in [-0.2, 0) is 18.4 Å². The van der Waals surface area contributed by atoms with Crippen LogP contribution in [0, 0.1) is 0 Å². The number of carbonyl (C=O) groups excluding carboxylic acids is 1. The Kier molecular flexibility index (Phi) is 39.2. The first kappa shape index (κ1) is 55.7. The summed E-state index contributed by atoms with van der Waals surface area (Å²) in [6, 6.07) is -0.862. The first-order valence-corrected chi connectivity index (χ1v) is 25.4. The minimum Gasteiger partial charge on any atom is -0.387 e. The molecule has 0 aliphatic heterocycles. The molecule has 8 nitrogen and oxygen atoms in total. The molecule has 0 rings (SSSR count). The van der Waals surface area contributed by atoms with Crippen molar-refractivity contribution in [2.24, 2.45) is 0 Å². The standard InChI is InChI=1S/C48H93N2O6P/c1-6-8-10-12-14-16-18-20-22-24-25-26-28-30-32-34-36-38-40-42-48(52)49-46(45-56-57(53,54)55-44-43-50(3,4)5)47(51)41-39-37-35-33-31-29-27-23-21-19-17-15-13-11-9-7-2/h20,22,31,33,39,41,46-47,51H,6-19,21,23-30,32,34-38,40,42-45H2,1-5H3,(H-,49,52,53,54)/p+1/b22-20-,33-31+,41-39+. The Morgan fingerprint density at radius 3 is 1.40 bits per heavy atom. The lowest BCUT2D eigenvalue weighted by atomic mass is 10.0. The third-order valence-corrected chi connectivity index (χ3v) is 11.6. The fourth-order valence-corrected chi connectivity index (χ4v) is 7.49. The number of likely N-dealkylation sites (N-methyl/N-ethyl adjacent to an activating group) is 1. The lowest BCUT2D eigenvalue weighted by molar-refractivity contribution is -0.870. The smallest absolute Gasteiger partial charge is 0.387 e. The van der Waals surface area contributed by atoms with Crippen molar-refractivity contribution >= 4 is 13.7 Å². The molecular formula is C48H94N2O6P+. The van der Waals surface area contributed by atoms with E-state index < -0.39 is 20.0 Å². The molecule has 3 unspecified atom stereocenters. The van der Waals surface area contributed by atoms with Gasteiger partial charge in [0.25, 0.3) is 0 Å². The van der Waals surface area contributed by atoms with E-state index in [1.807, 2.05) is 27.2 Å². The Balaban J connectivity index is 4.40. The Morgan fingerprint density at radius 1 is 0.579 bits per heavy atom. The summed E-state index contributed by atoms with van der Waals surface area (Å²) in [6.45, 7) is 4.79. The van der Waals surface area contributed by atoms with E-state index in [-0.39, 0.29) is 19.1 Å². The Bertz CT molecular complexity index is 1030. The highest BCUT2D eigenvalue weighted by molar-refractivity contribution is 7.47. The zero-order valence-corrected chi connectivity index (χ0v) is 39.0. The van der Waals surface area contributed by atoms with Gasteiger partial charge in [0.15, 0.2) is 0 Å². The number of allylic oxidation sites excluding steroid dienone is 5. The first-order valence-electron chi connectivity index (χ1n) is 23.9. The molecule has 0 bridgehead atoms. The van der Waals surface area contributed by atoms with Crippen molar-refractivity contribution in [3.63, 3.8) is 0 Å². The average Bonchev–Trinajstić information content (AvgIpc) is 3.16. The second-order valence-corrected chi connectivity index (χ2v) is 18.9. The van der Waals surface area contributed by atoms with Gasteiger partial charge in [-0.15, -0.1) is 0 Å². The van der Waals surface area contributed by atoms with E-state index in [0.717, 1.165) is 38.5 Å². The van der Waals surface area contributed by atoms with Crippen molar-refractivity contribution in [2.45, 2.75) is 225 Å². The quantitative estimate of drug-likeness (QED) is 0.0245. The number of rotatable bonds is 43. The summed E-state index contributed by atoms with van der Waals surface area (Å²) >= 11 is 0. The van der Waals surface area contributed by atoms with Crippen LogP contribution in [-0.4, -0.2) is 73.4 Å². The van der Waals surface area contributed by atoms with Crippen LogP contribution in [0.3, 0.4) is 0 Å². The molecule has 9 heteroatoms. The second kappa shape index (κ2) is 40.1. The number of aliphatic hydroxyl groups excluding tert-OH is 1. The number of amides is 1. The molecule has 0 aliphatic carbocycles. The first-order chi connectivity index (χ1) is 27.5. The summed E-state index contributed by atoms with van der Waals surface area (Å²) < 4.78 is 23.6. The van der Waals surface area contributed by atoms with Crippen molar-refractivity contribution in [3.8, 4) is 0 Å². The highest BCUT2D eigenvalue weighted by atomic mass is 31.2. The number of hydrogen-bond donors (Lipinski definition) is 3. The maximum Gasteiger partial charge on any atom is 0.472 e. The lowest BCUT2D eigenvalue weighted by Gasteiger charge is -2.25. The number of hydrogen-bond acceptors (Lipinski definition) is 5. The van der Waals surface area contributed by atoms with E-state index in [1.54, 1.807) is 6.08 Å². The van der Waals surface area contributed by atoms with E-state index >= 15 is 0 Å². The number of nitrogens with zero attached hydrogens (tertiary/aromatic N) is 1. The fraction of sp³-hybridized carbons (Fsp3) is 0.854. The molecular weight excluding hydrogens is 732 g/mol. The van der Waals surface area contributed by atoms with Crippen LogP contribution in [0.15, 0.2) is 36.5 Å². The minimum absolute atomic E-state index is 0.0560. The average molecular weight is 826 g/mol. The van der Waals surface area contributed by atoms with Crippen LogP contribution >= 0.6 is 7.82 Å². The maximum atomic E-state index is 12.9. The summed E-state index contributed by atoms with van der Waals surface area (Å²) in [5, 5.41) is 13.8. The van der Waals surface area contributed by atoms with Gasteiger partial charge >= 0.3 is 7.82 Å². The largest absolute Gasteiger partial charge is 0.472 e. The Morgan fingerprint density at radius 2 is 0.965 bits per heavy atom. The molecule has 0 saturated carbocycles. The topological polar surface area (TPSA) is 105 Å². The molecule has 1 amide bonds. The second-order valence-electron chi connectivity index (χ2n) is 17.5. The molecule has 0 fully saturated rings. The monoisotopic (exact) mass is 826 g/mol. The van der Waals surface area contributed by atoms with Gasteiger partial charge in [0.2, 0.25) is 5.91 Å². The summed E-state index contributed by atoms with van der Waals surface area (Å²) in [6.07, 6.45) is 49.3. The predicted octanol–water partition coefficient (Wildman–Crippen LogP) is 13.5. The zero-order chi connectivity index (χ0) is 42.1. The molecule has 0 aromatic heterocycles. The van der Waals surface area contributed by atoms with Crippen LogP contribution < -0.4 is 5.32 Å². The van der Waals surface area contributed by atoms with Crippen molar-refractivity contribution in [1.29, 1.82) is 0 Å². The van der Waals surface area contributed by atoms with E-state index in [4.69, 9.17) is 9.05 Å². The van der Waals surface area contributed by atoms with Gasteiger partial charge in [0.05, 0.1) is 39.9 Å². The minimum atomic E-state index is -4.35. The van der Waals surface area contributed by atoms with Crippen LogP contribution in [0.1, 0.15) is 213 Å². The highest BCUT2D eigenvalue weighted by Crippen LogP contribution is 2.43. The molecule has 3 atom stereocenters. The van der Waals surface area contributed by atoms with Gasteiger partial charge in [0.1, 0.15) is 13.2 Å². The molecule has 0 radical (unpaired) electrons. The number of quaternary nitrogens is 1. The van der Waals surface area contributed by atoms with Gasteiger partial charge in [-0.2, -0.15) is 0 Å². The molecule has 3 N–H and O–H groups in total. The normalized spacial score (nSPS) is 14.6. The number of carbonyl (C=O) groups is 1. The van der Waals surface area contributed by atoms with Crippen LogP contribution in [0.2, 0.25) is 0 Å². The molecule has 0 spiro atoms. The fourth-order valence-electron chi connectivity index (χ4n) is 6.76. The molecule has 0 aliphatic rings. The van der Waals surface area contributed by atoms with E-state index in [9.17, 15) is 19.4 Å². The lowest BCUT2D eigenvalue weighted by Crippen LogP contribution is -2.45. The Hall–Kier alpha value is -1.28. The number of phosphoric acid groups is 1. The number of unbranched alkanes of at least 4 members (excludes halogenated alkanes) is 26. The highest BCUT2D eigenvalue weighted by Gasteiger charge is 2.27. The molecule has 0 saturated heterocycles. The molecule has 0 aromatic carbocycles. The van der Waals surface area contributed by atoms with E-state index in [1.165, 1.54) is 154 Å². The maximum absolute atomic E-state index is 12.9. The van der Waals surface area contributed by atoms with E-state index in [0.29, 0.717) is 17.4 Å². The number of aliphatic hydroxyl groups is 1. The molecule has 336 valence electrons. The van der Waals surface area contributed by atoms with Gasteiger partial charge in [-0.25, -0.2) is 4.57 Å². The Labute approximate surface area is 353 Å². The van der Waals surface area contributed by atoms with Crippen molar-refractivity contribution < 1.29 is 32.9 Å². The zero-order valence-electron chi connectivity index (χ0n) is 38.1. The third-order valence-electron chi connectivity index (χ3n) is 10.6. The van der Waals surface area contributed by atoms with Gasteiger partial charge in [0, 0.05) is 6.42 Å². The number of phosphoric ester groups is 1. The number of nitrogens with one attached hydrogen (secondary N) is 1. The summed E-state index contributed by atoms with van der Waals surface area (Å²) in [5.41, 5.74) is 0. The SMILES string of the molecule is CCCCCCCC/C=C\CCCCCCCCCCCC(=O)NC(COP(=O)(O)OCC[N+](C)(C)C)C(O)/C=C/CC/C=C/CCCCCCCCCCCC. The third kappa shape index (κ3) is 42.6. The van der Waals surface area contributed by atoms with Crippen LogP contribution in [0.5, 0.6) is 0 Å². The molecule has 0 aromatic rings. The van der Waals surface area contributed by atoms with Crippen LogP contribution in [0.25, 0.3) is 0 Å². The predicted molar refractivity (Wildman–Crippen MR) is 244 cm³/mol. The van der Waals surface area contributed by atoms with Gasteiger partial charge in [-0.1, -0.05) is 185 Å². The van der Waals surface area contributed by atoms with Crippen molar-refractivity contribution in [1.82, 2.24) is 5.32 Å². The van der Waals surface area contributed by atoms with Gasteiger partial charge in [-0.05, 0) is 57.8 Å². The van der Waals surface area contributed by atoms with Crippen LogP contribution in [0.4, 0.5) is 0 Å². The summed E-state index contributed by atoms with van der Waals surface area (Å²) in [4.78, 5) is 23.2. The molecule has 0 heterocycles.